The number of benzene rings is 1. The minimum absolute atomic E-state index is 0.123. The lowest BCUT2D eigenvalue weighted by molar-refractivity contribution is -0.123. The summed E-state index contributed by atoms with van der Waals surface area (Å²) in [5.41, 5.74) is 1.11. The average Bonchev–Trinajstić information content (AvgIpc) is 3.48. The topological polar surface area (TPSA) is 63.1 Å². The molecule has 2 aliphatic rings. The molecule has 0 saturated heterocycles. The fraction of sp³-hybridized carbons (Fsp3) is 0.476. The molecular formula is C21H26ClN5O. The Balaban J connectivity index is 1.38. The van der Waals surface area contributed by atoms with Gasteiger partial charge in [0.25, 0.3) is 0 Å². The fourth-order valence-corrected chi connectivity index (χ4v) is 3.89. The molecule has 0 radical (unpaired) electrons. The van der Waals surface area contributed by atoms with Crippen molar-refractivity contribution in [2.24, 2.45) is 5.92 Å². The normalized spacial score (nSPS) is 19.0. The monoisotopic (exact) mass is 399 g/mol. The number of nitrogens with zero attached hydrogens (tertiary/aromatic N) is 4. The number of amides is 1. The van der Waals surface area contributed by atoms with E-state index in [1.165, 1.54) is 0 Å². The van der Waals surface area contributed by atoms with Gasteiger partial charge >= 0.3 is 0 Å². The van der Waals surface area contributed by atoms with Crippen molar-refractivity contribution >= 4 is 23.6 Å². The van der Waals surface area contributed by atoms with Crippen LogP contribution in [0.1, 0.15) is 43.0 Å². The third-order valence-corrected chi connectivity index (χ3v) is 5.57. The Kier molecular flexibility index (Phi) is 5.78. The van der Waals surface area contributed by atoms with Crippen LogP contribution < -0.4 is 5.32 Å². The molecule has 6 nitrogen and oxygen atoms in total. The molecule has 1 fully saturated rings. The van der Waals surface area contributed by atoms with Crippen LogP contribution in [0.2, 0.25) is 0 Å². The van der Waals surface area contributed by atoms with Gasteiger partial charge in [-0.3, -0.25) is 9.69 Å². The molecule has 2 heterocycles. The van der Waals surface area contributed by atoms with Gasteiger partial charge < -0.3 is 9.88 Å². The van der Waals surface area contributed by atoms with Crippen LogP contribution in [0.3, 0.4) is 0 Å². The summed E-state index contributed by atoms with van der Waals surface area (Å²) in [6.07, 6.45) is 4.85. The lowest BCUT2D eigenvalue weighted by Gasteiger charge is -2.19. The predicted octanol–water partition coefficient (Wildman–Crippen LogP) is 3.00. The van der Waals surface area contributed by atoms with E-state index in [0.29, 0.717) is 0 Å². The van der Waals surface area contributed by atoms with Gasteiger partial charge in [-0.2, -0.15) is 0 Å². The van der Waals surface area contributed by atoms with E-state index >= 15 is 0 Å². The van der Waals surface area contributed by atoms with Gasteiger partial charge in [0.15, 0.2) is 5.82 Å². The van der Waals surface area contributed by atoms with Crippen LogP contribution in [0.5, 0.6) is 0 Å². The zero-order valence-corrected chi connectivity index (χ0v) is 16.9. The summed E-state index contributed by atoms with van der Waals surface area (Å²) < 4.78 is 2.16. The smallest absolute Gasteiger partial charge is 0.223 e. The Morgan fingerprint density at radius 3 is 2.79 bits per heavy atom. The Labute approximate surface area is 170 Å². The Hall–Kier alpha value is -2.18. The number of halogens is 1. The highest BCUT2D eigenvalue weighted by molar-refractivity contribution is 6.31. The minimum Gasteiger partial charge on any atom is -0.346 e. The number of carbonyl (C=O) groups excluding carboxylic acids is 1. The van der Waals surface area contributed by atoms with Crippen molar-refractivity contribution < 1.29 is 4.79 Å². The Morgan fingerprint density at radius 1 is 1.25 bits per heavy atom. The van der Waals surface area contributed by atoms with Gasteiger partial charge in [0, 0.05) is 43.6 Å². The van der Waals surface area contributed by atoms with Gasteiger partial charge in [0.05, 0.1) is 6.04 Å². The van der Waals surface area contributed by atoms with E-state index < -0.39 is 0 Å². The van der Waals surface area contributed by atoms with Crippen LogP contribution >= 0.6 is 11.6 Å². The number of rotatable bonds is 6. The summed E-state index contributed by atoms with van der Waals surface area (Å²) in [4.78, 5) is 14.4. The van der Waals surface area contributed by atoms with Crippen LogP contribution in [0.4, 0.5) is 0 Å². The van der Waals surface area contributed by atoms with Gasteiger partial charge in [0.2, 0.25) is 5.91 Å². The fourth-order valence-electron chi connectivity index (χ4n) is 3.60. The van der Waals surface area contributed by atoms with Crippen LogP contribution in [0.15, 0.2) is 35.4 Å². The summed E-state index contributed by atoms with van der Waals surface area (Å²) in [5.74, 6) is 2.16. The second-order valence-corrected chi connectivity index (χ2v) is 8.14. The largest absolute Gasteiger partial charge is 0.346 e. The third-order valence-electron chi connectivity index (χ3n) is 5.34. The summed E-state index contributed by atoms with van der Waals surface area (Å²) >= 11 is 6.50. The van der Waals surface area contributed by atoms with Crippen LogP contribution in [-0.4, -0.2) is 45.2 Å². The molecule has 28 heavy (non-hydrogen) atoms. The van der Waals surface area contributed by atoms with E-state index in [-0.39, 0.29) is 17.9 Å². The van der Waals surface area contributed by atoms with E-state index in [2.05, 4.69) is 37.1 Å². The van der Waals surface area contributed by atoms with Gasteiger partial charge in [-0.15, -0.1) is 10.2 Å². The molecule has 0 bridgehead atoms. The highest BCUT2D eigenvalue weighted by Crippen LogP contribution is 2.29. The lowest BCUT2D eigenvalue weighted by Crippen LogP contribution is -2.31. The zero-order valence-electron chi connectivity index (χ0n) is 16.1. The second-order valence-electron chi connectivity index (χ2n) is 7.66. The molecule has 1 aromatic carbocycles. The van der Waals surface area contributed by atoms with E-state index in [4.69, 9.17) is 11.6 Å². The zero-order chi connectivity index (χ0) is 19.5. The van der Waals surface area contributed by atoms with Crippen molar-refractivity contribution in [2.45, 2.75) is 38.8 Å². The van der Waals surface area contributed by atoms with Crippen molar-refractivity contribution in [1.29, 1.82) is 0 Å². The molecule has 1 aromatic heterocycles. The predicted molar refractivity (Wildman–Crippen MR) is 110 cm³/mol. The molecule has 7 heteroatoms. The number of hydrogen-bond acceptors (Lipinski definition) is 4. The maximum absolute atomic E-state index is 12.1. The molecule has 0 spiro atoms. The number of fused-ring (bicyclic) bond motifs is 1. The van der Waals surface area contributed by atoms with Gasteiger partial charge in [-0.05, 0) is 31.4 Å². The first-order valence-electron chi connectivity index (χ1n) is 9.96. The van der Waals surface area contributed by atoms with Crippen molar-refractivity contribution in [3.05, 3.63) is 52.6 Å². The van der Waals surface area contributed by atoms with Crippen molar-refractivity contribution in [3.63, 3.8) is 0 Å². The van der Waals surface area contributed by atoms with E-state index in [1.54, 1.807) is 0 Å². The van der Waals surface area contributed by atoms with Crippen LogP contribution in [0, 0.1) is 5.92 Å². The quantitative estimate of drug-likeness (QED) is 0.811. The van der Waals surface area contributed by atoms with Gasteiger partial charge in [-0.1, -0.05) is 41.9 Å². The van der Waals surface area contributed by atoms with Crippen molar-refractivity contribution in [2.75, 3.05) is 19.6 Å². The van der Waals surface area contributed by atoms with E-state index in [1.807, 2.05) is 31.2 Å². The van der Waals surface area contributed by atoms with Gasteiger partial charge in [0.1, 0.15) is 5.82 Å². The first kappa shape index (κ1) is 19.2. The summed E-state index contributed by atoms with van der Waals surface area (Å²) in [6.45, 7) is 5.27. The highest BCUT2D eigenvalue weighted by Gasteiger charge is 2.31. The van der Waals surface area contributed by atoms with Crippen molar-refractivity contribution in [1.82, 2.24) is 25.0 Å². The van der Waals surface area contributed by atoms with E-state index in [9.17, 15) is 4.79 Å². The molecule has 1 atom stereocenters. The van der Waals surface area contributed by atoms with Crippen LogP contribution in [-0.2, 0) is 17.8 Å². The Bertz CT molecular complexity index is 859. The first-order chi connectivity index (χ1) is 13.6. The summed E-state index contributed by atoms with van der Waals surface area (Å²) in [6, 6.07) is 10.0. The molecule has 1 amide bonds. The number of nitrogens with one attached hydrogen (secondary N) is 1. The lowest BCUT2D eigenvalue weighted by atomic mass is 10.2. The minimum atomic E-state index is -0.123. The summed E-state index contributed by atoms with van der Waals surface area (Å²) in [5, 5.41) is 12.6. The van der Waals surface area contributed by atoms with Gasteiger partial charge in [-0.25, -0.2) is 0 Å². The maximum Gasteiger partial charge on any atom is 0.223 e. The SMILES string of the molecule is C[C@H](NC(=O)C1CC1)c1nnc2n1CCN(C/C(Cl)=C/c1ccccc1)CC2. The number of hydrogen-bond donors (Lipinski definition) is 1. The maximum atomic E-state index is 12.1. The molecule has 4 rings (SSSR count). The molecule has 0 unspecified atom stereocenters. The third kappa shape index (κ3) is 4.62. The molecular weight excluding hydrogens is 374 g/mol. The molecule has 1 saturated carbocycles. The number of carbonyl (C=O) groups is 1. The van der Waals surface area contributed by atoms with E-state index in [0.717, 1.165) is 67.7 Å². The molecule has 2 aromatic rings. The van der Waals surface area contributed by atoms with Crippen LogP contribution in [0.25, 0.3) is 6.08 Å². The summed E-state index contributed by atoms with van der Waals surface area (Å²) in [7, 11) is 0. The molecule has 148 valence electrons. The second kappa shape index (κ2) is 8.45. The standard InChI is InChI=1S/C21H26ClN5O/c1-15(23-21(28)17-7-8-17)20-25-24-19-9-10-26(11-12-27(19)20)14-18(22)13-16-5-3-2-4-6-16/h2-6,13,15,17H,7-12,14H2,1H3,(H,23,28)/b18-13-/t15-/m0/s1. The number of aromatic nitrogens is 3. The van der Waals surface area contributed by atoms with Crippen molar-refractivity contribution in [3.8, 4) is 0 Å². The molecule has 1 aliphatic heterocycles. The average molecular weight is 400 g/mol. The highest BCUT2D eigenvalue weighted by atomic mass is 35.5. The first-order valence-corrected chi connectivity index (χ1v) is 10.3. The molecule has 1 N–H and O–H groups in total. The Morgan fingerprint density at radius 2 is 2.04 bits per heavy atom. The molecule has 1 aliphatic carbocycles.